The number of anilines is 4. The van der Waals surface area contributed by atoms with E-state index in [1.165, 1.54) is 17.2 Å². The fourth-order valence-electron chi connectivity index (χ4n) is 5.76. The Hall–Kier alpha value is -3.51. The fraction of sp³-hybridized carbons (Fsp3) is 0.458. The van der Waals surface area contributed by atoms with Crippen LogP contribution in [0.4, 0.5) is 49.6 Å². The highest BCUT2D eigenvalue weighted by Gasteiger charge is 2.43. The van der Waals surface area contributed by atoms with Crippen molar-refractivity contribution in [1.29, 1.82) is 0 Å². The maximum atomic E-state index is 14.5. The third-order valence-electron chi connectivity index (χ3n) is 7.48. The van der Waals surface area contributed by atoms with Gasteiger partial charge in [-0.15, -0.1) is 5.10 Å². The normalized spacial score (nSPS) is 23.4. The van der Waals surface area contributed by atoms with Gasteiger partial charge in [0.1, 0.15) is 5.69 Å². The van der Waals surface area contributed by atoms with Crippen LogP contribution < -0.4 is 15.1 Å². The van der Waals surface area contributed by atoms with E-state index in [0.717, 1.165) is 25.0 Å². The number of fused-ring (bicyclic) bond motifs is 3. The topological polar surface area (TPSA) is 62.1 Å². The summed E-state index contributed by atoms with van der Waals surface area (Å²) in [5, 5.41) is 7.92. The molecule has 13 heteroatoms. The van der Waals surface area contributed by atoms with Gasteiger partial charge in [0.25, 0.3) is 0 Å². The van der Waals surface area contributed by atoms with Crippen molar-refractivity contribution < 1.29 is 26.3 Å². The summed E-state index contributed by atoms with van der Waals surface area (Å²) in [5.74, 6) is -3.05. The minimum Gasteiger partial charge on any atom is -0.371 e. The number of benzene rings is 1. The zero-order chi connectivity index (χ0) is 25.9. The van der Waals surface area contributed by atoms with Crippen molar-refractivity contribution in [2.75, 3.05) is 34.8 Å². The zero-order valence-corrected chi connectivity index (χ0v) is 19.5. The lowest BCUT2D eigenvalue weighted by Crippen LogP contribution is -2.48. The van der Waals surface area contributed by atoms with Crippen molar-refractivity contribution in [2.45, 2.75) is 38.0 Å². The highest BCUT2D eigenvalue weighted by atomic mass is 19.4. The van der Waals surface area contributed by atoms with Gasteiger partial charge in [-0.05, 0) is 55.4 Å². The van der Waals surface area contributed by atoms with Gasteiger partial charge in [0.2, 0.25) is 11.9 Å². The van der Waals surface area contributed by atoms with Crippen LogP contribution in [0.3, 0.4) is 0 Å². The highest BCUT2D eigenvalue weighted by Crippen LogP contribution is 2.41. The van der Waals surface area contributed by atoms with Crippen molar-refractivity contribution in [3.8, 4) is 0 Å². The molecule has 0 spiro atoms. The Morgan fingerprint density at radius 1 is 0.946 bits per heavy atom. The lowest BCUT2D eigenvalue weighted by molar-refractivity contribution is -0.141. The van der Waals surface area contributed by atoms with E-state index in [0.29, 0.717) is 50.2 Å². The summed E-state index contributed by atoms with van der Waals surface area (Å²) in [4.78, 5) is 11.5. The van der Waals surface area contributed by atoms with Crippen LogP contribution in [0.25, 0.3) is 0 Å². The van der Waals surface area contributed by atoms with Gasteiger partial charge in [-0.2, -0.15) is 18.2 Å². The average Bonchev–Trinajstić information content (AvgIpc) is 3.38. The van der Waals surface area contributed by atoms with E-state index in [9.17, 15) is 26.3 Å². The van der Waals surface area contributed by atoms with Gasteiger partial charge in [0.15, 0.2) is 17.5 Å². The number of pyridine rings is 1. The number of aryl methyl sites for hydroxylation is 1. The molecule has 3 atom stereocenters. The Kier molecular flexibility index (Phi) is 5.68. The molecule has 3 aromatic rings. The number of rotatable bonds is 4. The number of hydrogen-bond acceptors (Lipinski definition) is 6. The molecule has 1 saturated carbocycles. The van der Waals surface area contributed by atoms with Crippen molar-refractivity contribution in [2.24, 2.45) is 11.8 Å². The van der Waals surface area contributed by atoms with Crippen molar-refractivity contribution >= 4 is 23.3 Å². The molecule has 3 aliphatic rings. The second-order valence-corrected chi connectivity index (χ2v) is 9.73. The number of alkyl halides is 3. The van der Waals surface area contributed by atoms with Crippen LogP contribution in [0, 0.1) is 29.3 Å². The molecule has 2 aromatic heterocycles. The van der Waals surface area contributed by atoms with Gasteiger partial charge < -0.3 is 15.1 Å². The van der Waals surface area contributed by atoms with Crippen LogP contribution in [-0.4, -0.2) is 45.4 Å². The largest absolute Gasteiger partial charge is 0.433 e. The predicted octanol–water partition coefficient (Wildman–Crippen LogP) is 4.98. The van der Waals surface area contributed by atoms with E-state index >= 15 is 0 Å². The monoisotopic (exact) mass is 523 g/mol. The summed E-state index contributed by atoms with van der Waals surface area (Å²) < 4.78 is 82.8. The van der Waals surface area contributed by atoms with E-state index in [1.54, 1.807) is 10.7 Å². The van der Waals surface area contributed by atoms with Crippen LogP contribution in [0.1, 0.15) is 25.0 Å². The van der Waals surface area contributed by atoms with Crippen LogP contribution in [0.2, 0.25) is 0 Å². The summed E-state index contributed by atoms with van der Waals surface area (Å²) in [5.41, 5.74) is -0.521. The SMILES string of the molecule is Fc1ccc(N2CCCn3nc(NC4[C@@H]5CC[C@H]4CN(c4ccnc(C(F)(F)F)c4)C5)nc32)c(F)c1F. The van der Waals surface area contributed by atoms with Gasteiger partial charge in [-0.3, -0.25) is 4.98 Å². The summed E-state index contributed by atoms with van der Waals surface area (Å²) >= 11 is 0. The Labute approximate surface area is 208 Å². The molecule has 196 valence electrons. The minimum absolute atomic E-state index is 0.0260. The lowest BCUT2D eigenvalue weighted by atomic mass is 9.92. The predicted molar refractivity (Wildman–Crippen MR) is 123 cm³/mol. The molecular weight excluding hydrogens is 500 g/mol. The van der Waals surface area contributed by atoms with Gasteiger partial charge in [-0.25, -0.2) is 17.9 Å². The van der Waals surface area contributed by atoms with E-state index in [2.05, 4.69) is 20.4 Å². The Balaban J connectivity index is 1.20. The van der Waals surface area contributed by atoms with Crippen LogP contribution in [-0.2, 0) is 12.7 Å². The van der Waals surface area contributed by atoms with E-state index < -0.39 is 29.3 Å². The van der Waals surface area contributed by atoms with E-state index in [4.69, 9.17) is 0 Å². The van der Waals surface area contributed by atoms with Gasteiger partial charge in [0, 0.05) is 44.1 Å². The van der Waals surface area contributed by atoms with E-state index in [-0.39, 0.29) is 23.6 Å². The molecule has 2 fully saturated rings. The van der Waals surface area contributed by atoms with Gasteiger partial charge in [0.05, 0.1) is 5.69 Å². The second-order valence-electron chi connectivity index (χ2n) is 9.73. The molecule has 1 saturated heterocycles. The lowest BCUT2D eigenvalue weighted by Gasteiger charge is -2.39. The summed E-state index contributed by atoms with van der Waals surface area (Å²) in [6.45, 7) is 2.07. The average molecular weight is 523 g/mol. The standard InChI is InChI=1S/C24H23F6N7/c25-16-4-5-17(20(27)19(16)26)36-8-1-9-37-23(36)33-22(34-37)32-21-13-2-3-14(21)12-35(11-13)15-6-7-31-18(10-15)24(28,29)30/h4-7,10,13-14,21H,1-3,8-9,11-12H2,(H,32,34)/t13-,14+,21?. The first-order valence-electron chi connectivity index (χ1n) is 12.1. The zero-order valence-electron chi connectivity index (χ0n) is 19.5. The number of nitrogens with one attached hydrogen (secondary N) is 1. The fourth-order valence-corrected chi connectivity index (χ4v) is 5.76. The molecule has 1 aliphatic carbocycles. The van der Waals surface area contributed by atoms with Crippen molar-refractivity contribution in [1.82, 2.24) is 19.7 Å². The molecular formula is C24H23F6N7. The maximum Gasteiger partial charge on any atom is 0.433 e. The molecule has 1 unspecified atom stereocenters. The molecule has 4 heterocycles. The first-order valence-corrected chi connectivity index (χ1v) is 12.1. The molecule has 37 heavy (non-hydrogen) atoms. The smallest absolute Gasteiger partial charge is 0.371 e. The number of hydrogen-bond donors (Lipinski definition) is 1. The van der Waals surface area contributed by atoms with Crippen LogP contribution in [0.15, 0.2) is 30.5 Å². The van der Waals surface area contributed by atoms with Gasteiger partial charge >= 0.3 is 6.18 Å². The first-order chi connectivity index (χ1) is 17.7. The van der Waals surface area contributed by atoms with E-state index in [1.807, 2.05) is 4.90 Å². The van der Waals surface area contributed by atoms with Crippen LogP contribution >= 0.6 is 0 Å². The first kappa shape index (κ1) is 23.9. The highest BCUT2D eigenvalue weighted by molar-refractivity contribution is 5.60. The molecule has 1 N–H and O–H groups in total. The molecule has 1 aromatic carbocycles. The summed E-state index contributed by atoms with van der Waals surface area (Å²) in [6.07, 6.45) is -0.877. The van der Waals surface area contributed by atoms with Crippen molar-refractivity contribution in [3.63, 3.8) is 0 Å². The Morgan fingerprint density at radius 3 is 2.43 bits per heavy atom. The summed E-state index contributed by atoms with van der Waals surface area (Å²) in [6, 6.07) is 4.78. The maximum absolute atomic E-state index is 14.5. The molecule has 0 amide bonds. The molecule has 2 bridgehead atoms. The Morgan fingerprint density at radius 2 is 1.70 bits per heavy atom. The number of aromatic nitrogens is 4. The molecule has 6 rings (SSSR count). The summed E-state index contributed by atoms with van der Waals surface area (Å²) in [7, 11) is 0. The van der Waals surface area contributed by atoms with Crippen molar-refractivity contribution in [3.05, 3.63) is 53.6 Å². The number of piperidine rings is 1. The Bertz CT molecular complexity index is 1310. The number of nitrogens with zero attached hydrogens (tertiary/aromatic N) is 6. The molecule has 7 nitrogen and oxygen atoms in total. The third kappa shape index (κ3) is 4.23. The molecule has 0 radical (unpaired) electrons. The molecule has 2 aliphatic heterocycles. The van der Waals surface area contributed by atoms with Gasteiger partial charge in [-0.1, -0.05) is 0 Å². The quantitative estimate of drug-likeness (QED) is 0.385. The van der Waals surface area contributed by atoms with Crippen LogP contribution in [0.5, 0.6) is 0 Å². The third-order valence-corrected chi connectivity index (χ3v) is 7.48. The second kappa shape index (κ2) is 8.80. The minimum atomic E-state index is -4.50. The number of halogens is 6.